The van der Waals surface area contributed by atoms with Crippen LogP contribution in [0.25, 0.3) is 0 Å². The summed E-state index contributed by atoms with van der Waals surface area (Å²) in [4.78, 5) is 4.25. The van der Waals surface area contributed by atoms with Crippen molar-refractivity contribution < 1.29 is 0 Å². The number of hydrogen-bond donors (Lipinski definition) is 2. The van der Waals surface area contributed by atoms with Crippen molar-refractivity contribution in [3.63, 3.8) is 0 Å². The van der Waals surface area contributed by atoms with E-state index < -0.39 is 0 Å². The van der Waals surface area contributed by atoms with E-state index >= 15 is 0 Å². The summed E-state index contributed by atoms with van der Waals surface area (Å²) < 4.78 is 0. The maximum absolute atomic E-state index is 5.54. The van der Waals surface area contributed by atoms with Gasteiger partial charge in [0.2, 0.25) is 0 Å². The van der Waals surface area contributed by atoms with E-state index in [-0.39, 0.29) is 0 Å². The Morgan fingerprint density at radius 3 is 2.11 bits per heavy atom. The lowest BCUT2D eigenvalue weighted by Crippen LogP contribution is -2.36. The fourth-order valence-electron chi connectivity index (χ4n) is 3.43. The van der Waals surface area contributed by atoms with Crippen molar-refractivity contribution in [1.82, 2.24) is 5.43 Å². The number of aryl methyl sites for hydroxylation is 2. The molecule has 18 heavy (non-hydrogen) atoms. The maximum Gasteiger partial charge on any atom is 0.114 e. The van der Waals surface area contributed by atoms with Crippen LogP contribution in [0, 0.1) is 5.92 Å². The molecular weight excluding hydrogens is 222 g/mol. The maximum atomic E-state index is 5.54. The minimum absolute atomic E-state index is 0.443. The predicted molar refractivity (Wildman–Crippen MR) is 74.7 cm³/mol. The fraction of sp³-hybridized carbons (Fsp3) is 0.533. The largest absolute Gasteiger partial charge is 0.312 e. The van der Waals surface area contributed by atoms with Gasteiger partial charge in [-0.25, -0.2) is 5.84 Å². The summed E-state index contributed by atoms with van der Waals surface area (Å²) in [6, 6.07) is 4.88. The van der Waals surface area contributed by atoms with E-state index in [9.17, 15) is 0 Å². The van der Waals surface area contributed by atoms with Crippen molar-refractivity contribution in [2.75, 3.05) is 7.05 Å². The second kappa shape index (κ2) is 4.73. The molecule has 0 atom stereocenters. The number of aliphatic imine (C=N–C) groups is 1. The number of amidine groups is 1. The van der Waals surface area contributed by atoms with Gasteiger partial charge in [-0.15, -0.1) is 0 Å². The van der Waals surface area contributed by atoms with Crippen LogP contribution >= 0.6 is 0 Å². The molecule has 96 valence electrons. The first-order chi connectivity index (χ1) is 8.81. The first-order valence-electron chi connectivity index (χ1n) is 6.88. The van der Waals surface area contributed by atoms with Crippen molar-refractivity contribution in [3.8, 4) is 0 Å². The standard InChI is InChI=1S/C15H21N3/c1-17-15(18-16)14-8-12-6-10-4-2-3-5-11(10)7-13(12)9-14/h6-7,14H,2-5,8-9,16H2,1H3,(H,17,18). The number of nitrogens with two attached hydrogens (primary N) is 1. The molecular formula is C15H21N3. The summed E-state index contributed by atoms with van der Waals surface area (Å²) in [5.74, 6) is 6.92. The molecule has 3 heteroatoms. The summed E-state index contributed by atoms with van der Waals surface area (Å²) in [6.45, 7) is 0. The van der Waals surface area contributed by atoms with Gasteiger partial charge in [-0.3, -0.25) is 4.99 Å². The monoisotopic (exact) mass is 243 g/mol. The van der Waals surface area contributed by atoms with E-state index in [4.69, 9.17) is 5.84 Å². The van der Waals surface area contributed by atoms with Crippen LogP contribution in [0.5, 0.6) is 0 Å². The van der Waals surface area contributed by atoms with Gasteiger partial charge in [0.15, 0.2) is 0 Å². The zero-order valence-electron chi connectivity index (χ0n) is 11.0. The summed E-state index contributed by atoms with van der Waals surface area (Å²) in [7, 11) is 1.81. The highest BCUT2D eigenvalue weighted by Gasteiger charge is 2.26. The highest BCUT2D eigenvalue weighted by Crippen LogP contribution is 2.32. The highest BCUT2D eigenvalue weighted by molar-refractivity contribution is 5.85. The zero-order valence-corrected chi connectivity index (χ0v) is 11.0. The van der Waals surface area contributed by atoms with Crippen LogP contribution in [0.1, 0.15) is 35.1 Å². The van der Waals surface area contributed by atoms with Crippen LogP contribution in [-0.2, 0) is 25.7 Å². The Kier molecular flexibility index (Phi) is 3.08. The van der Waals surface area contributed by atoms with Crippen LogP contribution in [-0.4, -0.2) is 12.9 Å². The van der Waals surface area contributed by atoms with Crippen molar-refractivity contribution in [2.24, 2.45) is 16.8 Å². The lowest BCUT2D eigenvalue weighted by atomic mass is 9.89. The lowest BCUT2D eigenvalue weighted by molar-refractivity contribution is 0.684. The lowest BCUT2D eigenvalue weighted by Gasteiger charge is -2.17. The van der Waals surface area contributed by atoms with Crippen molar-refractivity contribution in [1.29, 1.82) is 0 Å². The van der Waals surface area contributed by atoms with Gasteiger partial charge in [0.25, 0.3) is 0 Å². The van der Waals surface area contributed by atoms with Crippen LogP contribution in [0.4, 0.5) is 0 Å². The van der Waals surface area contributed by atoms with E-state index in [1.54, 1.807) is 11.1 Å². The molecule has 0 heterocycles. The van der Waals surface area contributed by atoms with Gasteiger partial charge in [0.1, 0.15) is 5.84 Å². The van der Waals surface area contributed by atoms with Crippen LogP contribution in [0.3, 0.4) is 0 Å². The summed E-state index contributed by atoms with van der Waals surface area (Å²) in [6.07, 6.45) is 7.38. The minimum atomic E-state index is 0.443. The van der Waals surface area contributed by atoms with Gasteiger partial charge >= 0.3 is 0 Å². The first-order valence-corrected chi connectivity index (χ1v) is 6.88. The van der Waals surface area contributed by atoms with E-state index in [1.807, 2.05) is 7.05 Å². The van der Waals surface area contributed by atoms with Gasteiger partial charge < -0.3 is 5.43 Å². The Balaban J connectivity index is 1.89. The number of rotatable bonds is 1. The molecule has 3 rings (SSSR count). The Morgan fingerprint density at radius 1 is 1.11 bits per heavy atom. The number of hydrogen-bond acceptors (Lipinski definition) is 2. The molecule has 0 amide bonds. The summed E-state index contributed by atoms with van der Waals surface area (Å²) in [5, 5.41) is 0. The third-order valence-electron chi connectivity index (χ3n) is 4.37. The predicted octanol–water partition coefficient (Wildman–Crippen LogP) is 1.77. The third kappa shape index (κ3) is 1.93. The molecule has 2 aliphatic carbocycles. The minimum Gasteiger partial charge on any atom is -0.312 e. The Bertz CT molecular complexity index is 456. The Hall–Kier alpha value is -1.35. The number of nitrogens with zero attached hydrogens (tertiary/aromatic N) is 1. The Labute approximate surface area is 108 Å². The molecule has 0 aliphatic heterocycles. The van der Waals surface area contributed by atoms with Gasteiger partial charge in [-0.2, -0.15) is 0 Å². The molecule has 0 saturated heterocycles. The third-order valence-corrected chi connectivity index (χ3v) is 4.37. The molecule has 0 bridgehead atoms. The molecule has 3 nitrogen and oxygen atoms in total. The molecule has 0 radical (unpaired) electrons. The van der Waals surface area contributed by atoms with Gasteiger partial charge in [0, 0.05) is 13.0 Å². The normalized spacial score (nSPS) is 19.6. The molecule has 0 aromatic heterocycles. The second-order valence-corrected chi connectivity index (χ2v) is 5.46. The van der Waals surface area contributed by atoms with E-state index in [1.165, 1.54) is 36.8 Å². The highest BCUT2D eigenvalue weighted by atomic mass is 15.2. The van der Waals surface area contributed by atoms with E-state index in [0.717, 1.165) is 18.7 Å². The average Bonchev–Trinajstić information content (AvgIpc) is 2.79. The van der Waals surface area contributed by atoms with E-state index in [0.29, 0.717) is 5.92 Å². The molecule has 2 aliphatic rings. The first kappa shape index (κ1) is 11.7. The van der Waals surface area contributed by atoms with E-state index in [2.05, 4.69) is 22.6 Å². The zero-order chi connectivity index (χ0) is 12.5. The molecule has 0 spiro atoms. The quantitative estimate of drug-likeness (QED) is 0.342. The second-order valence-electron chi connectivity index (χ2n) is 5.46. The SMILES string of the molecule is CN=C(NN)C1Cc2cc3c(cc2C1)CCCC3. The van der Waals surface area contributed by atoms with Crippen molar-refractivity contribution in [2.45, 2.75) is 38.5 Å². The van der Waals surface area contributed by atoms with Crippen LogP contribution in [0.15, 0.2) is 17.1 Å². The van der Waals surface area contributed by atoms with Gasteiger partial charge in [-0.05, 0) is 60.8 Å². The molecule has 3 N–H and O–H groups in total. The average molecular weight is 243 g/mol. The summed E-state index contributed by atoms with van der Waals surface area (Å²) >= 11 is 0. The molecule has 1 aromatic carbocycles. The van der Waals surface area contributed by atoms with Crippen LogP contribution < -0.4 is 11.3 Å². The number of hydrazine groups is 1. The fourth-order valence-corrected chi connectivity index (χ4v) is 3.43. The number of fused-ring (bicyclic) bond motifs is 2. The smallest absolute Gasteiger partial charge is 0.114 e. The number of benzene rings is 1. The molecule has 1 aromatic rings. The molecule has 0 saturated carbocycles. The van der Waals surface area contributed by atoms with Crippen LogP contribution in [0.2, 0.25) is 0 Å². The van der Waals surface area contributed by atoms with Crippen molar-refractivity contribution in [3.05, 3.63) is 34.4 Å². The number of nitrogens with one attached hydrogen (secondary N) is 1. The molecule has 0 unspecified atom stereocenters. The van der Waals surface area contributed by atoms with Gasteiger partial charge in [0.05, 0.1) is 0 Å². The Morgan fingerprint density at radius 2 is 1.67 bits per heavy atom. The summed E-state index contributed by atoms with van der Waals surface area (Å²) in [5.41, 5.74) is 8.93. The topological polar surface area (TPSA) is 50.4 Å². The van der Waals surface area contributed by atoms with Gasteiger partial charge in [-0.1, -0.05) is 12.1 Å². The molecule has 0 fully saturated rings. The van der Waals surface area contributed by atoms with Crippen molar-refractivity contribution >= 4 is 5.84 Å².